The highest BCUT2D eigenvalue weighted by atomic mass is 35.5. The maximum absolute atomic E-state index is 12.1. The van der Waals surface area contributed by atoms with Crippen molar-refractivity contribution in [3.8, 4) is 5.75 Å². The number of carbonyl (C=O) groups excluding carboxylic acids is 1. The fourth-order valence-corrected chi connectivity index (χ4v) is 3.13. The molecule has 1 aliphatic heterocycles. The number of nitrogens with zero attached hydrogens (tertiary/aromatic N) is 1. The number of benzene rings is 2. The van der Waals surface area contributed by atoms with E-state index in [0.717, 1.165) is 5.56 Å². The van der Waals surface area contributed by atoms with Crippen LogP contribution in [0.15, 0.2) is 58.4 Å². The molecule has 1 aliphatic rings. The third kappa shape index (κ3) is 5.12. The van der Waals surface area contributed by atoms with Crippen molar-refractivity contribution in [2.45, 2.75) is 13.0 Å². The van der Waals surface area contributed by atoms with Crippen LogP contribution in [0.25, 0.3) is 6.08 Å². The highest BCUT2D eigenvalue weighted by Gasteiger charge is 2.23. The number of carbonyl (C=O) groups is 2. The summed E-state index contributed by atoms with van der Waals surface area (Å²) in [7, 11) is 0. The summed E-state index contributed by atoms with van der Waals surface area (Å²) >= 11 is 7.09. The highest BCUT2D eigenvalue weighted by molar-refractivity contribution is 8.18. The van der Waals surface area contributed by atoms with Gasteiger partial charge in [0.1, 0.15) is 5.75 Å². The first kappa shape index (κ1) is 19.0. The van der Waals surface area contributed by atoms with Crippen LogP contribution in [0.3, 0.4) is 0 Å². The van der Waals surface area contributed by atoms with Gasteiger partial charge in [-0.1, -0.05) is 23.7 Å². The van der Waals surface area contributed by atoms with Gasteiger partial charge >= 0.3 is 5.97 Å². The molecule has 0 radical (unpaired) electrons. The number of aliphatic carboxylic acids is 1. The number of hydrogen-bond donors (Lipinski definition) is 2. The zero-order valence-corrected chi connectivity index (χ0v) is 15.8. The van der Waals surface area contributed by atoms with E-state index >= 15 is 0 Å². The minimum absolute atomic E-state index is 0.229. The number of nitrogens with one attached hydrogen (secondary N) is 1. The summed E-state index contributed by atoms with van der Waals surface area (Å²) in [6.07, 6.45) is 0.798. The molecule has 1 fully saturated rings. The molecule has 8 heteroatoms. The van der Waals surface area contributed by atoms with Gasteiger partial charge in [0.05, 0.1) is 10.6 Å². The average molecular weight is 403 g/mol. The first-order valence-electron chi connectivity index (χ1n) is 7.95. The molecule has 0 unspecified atom stereocenters. The Kier molecular flexibility index (Phi) is 5.83. The summed E-state index contributed by atoms with van der Waals surface area (Å²) < 4.78 is 5.28. The SMILES string of the molecule is C[C@@H](Oc1ccc(/C=C2\SC(=Nc3ccc(Cl)cc3)NC2=O)cc1)C(=O)O. The van der Waals surface area contributed by atoms with E-state index in [-0.39, 0.29) is 5.91 Å². The predicted molar refractivity (Wildman–Crippen MR) is 106 cm³/mol. The van der Waals surface area contributed by atoms with Crippen molar-refractivity contribution in [2.75, 3.05) is 0 Å². The Balaban J connectivity index is 1.70. The van der Waals surface area contributed by atoms with Crippen LogP contribution in [-0.4, -0.2) is 28.3 Å². The van der Waals surface area contributed by atoms with Gasteiger partial charge in [-0.05, 0) is 66.7 Å². The van der Waals surface area contributed by atoms with Crippen molar-refractivity contribution in [3.63, 3.8) is 0 Å². The molecule has 1 amide bonds. The second-order valence-electron chi connectivity index (χ2n) is 5.63. The molecule has 0 aromatic heterocycles. The molecule has 3 rings (SSSR count). The Morgan fingerprint density at radius 3 is 2.52 bits per heavy atom. The molecule has 6 nitrogen and oxygen atoms in total. The smallest absolute Gasteiger partial charge is 0.344 e. The number of halogens is 1. The number of amides is 1. The molecular weight excluding hydrogens is 388 g/mol. The zero-order valence-electron chi connectivity index (χ0n) is 14.2. The first-order chi connectivity index (χ1) is 12.9. The van der Waals surface area contributed by atoms with Crippen molar-refractivity contribution < 1.29 is 19.4 Å². The molecule has 2 aromatic rings. The van der Waals surface area contributed by atoms with Crippen LogP contribution in [0.2, 0.25) is 5.02 Å². The van der Waals surface area contributed by atoms with Gasteiger partial charge in [0.2, 0.25) is 0 Å². The molecule has 138 valence electrons. The number of carboxylic acids is 1. The number of thioether (sulfide) groups is 1. The fourth-order valence-electron chi connectivity index (χ4n) is 2.16. The van der Waals surface area contributed by atoms with Gasteiger partial charge in [0, 0.05) is 5.02 Å². The largest absolute Gasteiger partial charge is 0.479 e. The van der Waals surface area contributed by atoms with Crippen LogP contribution in [0.4, 0.5) is 5.69 Å². The molecule has 1 atom stereocenters. The lowest BCUT2D eigenvalue weighted by molar-refractivity contribution is -0.144. The molecule has 0 aliphatic carbocycles. The van der Waals surface area contributed by atoms with Crippen LogP contribution < -0.4 is 10.1 Å². The van der Waals surface area contributed by atoms with Crippen molar-refractivity contribution in [2.24, 2.45) is 4.99 Å². The number of rotatable bonds is 5. The molecule has 0 spiro atoms. The normalized spacial score (nSPS) is 17.8. The Hall–Kier alpha value is -2.77. The van der Waals surface area contributed by atoms with Crippen molar-refractivity contribution in [3.05, 3.63) is 64.0 Å². The Labute approximate surface area is 164 Å². The van der Waals surface area contributed by atoms with E-state index in [1.807, 2.05) is 0 Å². The lowest BCUT2D eigenvalue weighted by Crippen LogP contribution is -2.22. The van der Waals surface area contributed by atoms with Crippen molar-refractivity contribution in [1.29, 1.82) is 0 Å². The molecule has 27 heavy (non-hydrogen) atoms. The van der Waals surface area contributed by atoms with Crippen LogP contribution >= 0.6 is 23.4 Å². The molecule has 2 aromatic carbocycles. The quantitative estimate of drug-likeness (QED) is 0.735. The van der Waals surface area contributed by atoms with Gasteiger partial charge in [-0.2, -0.15) is 0 Å². The number of carboxylic acid groups (broad SMARTS) is 1. The summed E-state index contributed by atoms with van der Waals surface area (Å²) in [5.41, 5.74) is 1.48. The van der Waals surface area contributed by atoms with E-state index in [1.165, 1.54) is 18.7 Å². The molecule has 2 N–H and O–H groups in total. The molecule has 1 saturated heterocycles. The number of amidine groups is 1. The molecule has 0 saturated carbocycles. The summed E-state index contributed by atoms with van der Waals surface area (Å²) in [5.74, 6) is -0.819. The van der Waals surface area contributed by atoms with Crippen LogP contribution in [0.5, 0.6) is 5.75 Å². The average Bonchev–Trinajstić information content (AvgIpc) is 2.97. The number of ether oxygens (including phenoxy) is 1. The Bertz CT molecular complexity index is 924. The minimum atomic E-state index is -1.03. The predicted octanol–water partition coefficient (Wildman–Crippen LogP) is 4.08. The topological polar surface area (TPSA) is 88.0 Å². The van der Waals surface area contributed by atoms with Crippen LogP contribution in [0, 0.1) is 0 Å². The van der Waals surface area contributed by atoms with E-state index in [0.29, 0.717) is 26.5 Å². The van der Waals surface area contributed by atoms with E-state index in [9.17, 15) is 9.59 Å². The van der Waals surface area contributed by atoms with E-state index in [4.69, 9.17) is 21.4 Å². The van der Waals surface area contributed by atoms with Gasteiger partial charge in [-0.25, -0.2) is 9.79 Å². The lowest BCUT2D eigenvalue weighted by atomic mass is 10.2. The Morgan fingerprint density at radius 2 is 1.89 bits per heavy atom. The van der Waals surface area contributed by atoms with Gasteiger partial charge in [-0.3, -0.25) is 4.79 Å². The number of hydrogen-bond acceptors (Lipinski definition) is 5. The maximum atomic E-state index is 12.1. The van der Waals surface area contributed by atoms with E-state index in [2.05, 4.69) is 10.3 Å². The second-order valence-corrected chi connectivity index (χ2v) is 7.09. The zero-order chi connectivity index (χ0) is 19.4. The van der Waals surface area contributed by atoms with Crippen molar-refractivity contribution >= 4 is 52.2 Å². The summed E-state index contributed by atoms with van der Waals surface area (Å²) in [4.78, 5) is 27.8. The van der Waals surface area contributed by atoms with E-state index in [1.54, 1.807) is 54.6 Å². The third-order valence-electron chi connectivity index (χ3n) is 3.55. The van der Waals surface area contributed by atoms with E-state index < -0.39 is 12.1 Å². The first-order valence-corrected chi connectivity index (χ1v) is 9.15. The highest BCUT2D eigenvalue weighted by Crippen LogP contribution is 2.28. The summed E-state index contributed by atoms with van der Waals surface area (Å²) in [5, 5.41) is 12.7. The fraction of sp³-hybridized carbons (Fsp3) is 0.105. The van der Waals surface area contributed by atoms with Gasteiger partial charge in [-0.15, -0.1) is 0 Å². The van der Waals surface area contributed by atoms with Crippen molar-refractivity contribution in [1.82, 2.24) is 5.32 Å². The number of aliphatic imine (C=N–C) groups is 1. The lowest BCUT2D eigenvalue weighted by Gasteiger charge is -2.10. The maximum Gasteiger partial charge on any atom is 0.344 e. The summed E-state index contributed by atoms with van der Waals surface area (Å²) in [6, 6.07) is 13.8. The second kappa shape index (κ2) is 8.28. The summed E-state index contributed by atoms with van der Waals surface area (Å²) in [6.45, 7) is 1.46. The van der Waals surface area contributed by atoms with Gasteiger partial charge in [0.15, 0.2) is 11.3 Å². The third-order valence-corrected chi connectivity index (χ3v) is 4.71. The van der Waals surface area contributed by atoms with Gasteiger partial charge < -0.3 is 15.2 Å². The minimum Gasteiger partial charge on any atom is -0.479 e. The monoisotopic (exact) mass is 402 g/mol. The molecule has 1 heterocycles. The molecule has 0 bridgehead atoms. The molecular formula is C19H15ClN2O4S. The standard InChI is InChI=1S/C19H15ClN2O4S/c1-11(18(24)25)26-15-8-2-12(3-9-15)10-16-17(23)22-19(27-16)21-14-6-4-13(20)5-7-14/h2-11H,1H3,(H,24,25)(H,21,22,23)/b16-10-/t11-/m1/s1. The van der Waals surface area contributed by atoms with Crippen LogP contribution in [0.1, 0.15) is 12.5 Å². The van der Waals surface area contributed by atoms with Crippen LogP contribution in [-0.2, 0) is 9.59 Å². The Morgan fingerprint density at radius 1 is 1.22 bits per heavy atom. The van der Waals surface area contributed by atoms with Gasteiger partial charge in [0.25, 0.3) is 5.91 Å².